The molecule has 1 amide bonds. The molecule has 0 radical (unpaired) electrons. The molecule has 166 valence electrons. The zero-order valence-corrected chi connectivity index (χ0v) is 20.1. The molecule has 0 unspecified atom stereocenters. The molecule has 0 spiro atoms. The van der Waals surface area contributed by atoms with Crippen LogP contribution < -0.4 is 14.9 Å². The van der Waals surface area contributed by atoms with E-state index in [4.69, 9.17) is 21.1 Å². The molecule has 1 N–H and O–H groups in total. The fourth-order valence-electron chi connectivity index (χ4n) is 2.84. The van der Waals surface area contributed by atoms with E-state index in [9.17, 15) is 9.59 Å². The lowest BCUT2D eigenvalue weighted by Crippen LogP contribution is -2.24. The molecule has 0 saturated heterocycles. The zero-order valence-electron chi connectivity index (χ0n) is 17.0. The van der Waals surface area contributed by atoms with Crippen LogP contribution in [0.3, 0.4) is 0 Å². The topological polar surface area (TPSA) is 77.0 Å². The van der Waals surface area contributed by atoms with Crippen molar-refractivity contribution in [3.05, 3.63) is 92.7 Å². The minimum absolute atomic E-state index is 0.164. The Bertz CT molecular complexity index is 1340. The van der Waals surface area contributed by atoms with Crippen LogP contribution in [0.2, 0.25) is 5.02 Å². The number of carbonyl (C=O) groups excluding carboxylic acids is 2. The van der Waals surface area contributed by atoms with Crippen molar-refractivity contribution in [2.45, 2.75) is 0 Å². The average molecular weight is 544 g/mol. The molecule has 4 aromatic rings. The van der Waals surface area contributed by atoms with E-state index in [2.05, 4.69) is 26.5 Å². The fraction of sp³-hybridized carbons (Fsp3) is 0.0417. The van der Waals surface area contributed by atoms with Crippen molar-refractivity contribution in [1.82, 2.24) is 5.43 Å². The first-order valence-electron chi connectivity index (χ1n) is 9.69. The SMILES string of the molecule is O=C(COc1cccc(Br)c1)N/N=C/c1ccc(OC(=O)c2sc3ccccc3c2Cl)cc1. The van der Waals surface area contributed by atoms with Gasteiger partial charge in [0, 0.05) is 14.6 Å². The van der Waals surface area contributed by atoms with Crippen molar-refractivity contribution in [2.75, 3.05) is 6.61 Å². The number of amides is 1. The van der Waals surface area contributed by atoms with Gasteiger partial charge < -0.3 is 9.47 Å². The lowest BCUT2D eigenvalue weighted by Gasteiger charge is -2.05. The second-order valence-electron chi connectivity index (χ2n) is 6.74. The second-order valence-corrected chi connectivity index (χ2v) is 9.08. The average Bonchev–Trinajstić information content (AvgIpc) is 3.16. The van der Waals surface area contributed by atoms with Crippen molar-refractivity contribution in [2.24, 2.45) is 5.10 Å². The lowest BCUT2D eigenvalue weighted by molar-refractivity contribution is -0.123. The summed E-state index contributed by atoms with van der Waals surface area (Å²) in [5.41, 5.74) is 3.11. The number of benzene rings is 3. The van der Waals surface area contributed by atoms with Crippen molar-refractivity contribution in [3.63, 3.8) is 0 Å². The summed E-state index contributed by atoms with van der Waals surface area (Å²) in [5, 5.41) is 5.13. The predicted molar refractivity (Wildman–Crippen MR) is 134 cm³/mol. The first-order chi connectivity index (χ1) is 16.0. The number of fused-ring (bicyclic) bond motifs is 1. The van der Waals surface area contributed by atoms with Gasteiger partial charge in [0.05, 0.1) is 11.2 Å². The van der Waals surface area contributed by atoms with Gasteiger partial charge in [-0.05, 0) is 54.1 Å². The molecule has 0 saturated carbocycles. The standard InChI is InChI=1S/C24H16BrClN2O4S/c25-16-4-3-5-18(12-16)31-14-21(29)28-27-13-15-8-10-17(11-9-15)32-24(30)23-22(26)19-6-1-2-7-20(19)33-23/h1-13H,14H2,(H,28,29)/b27-13+. The van der Waals surface area contributed by atoms with Gasteiger partial charge in [0.1, 0.15) is 16.4 Å². The third kappa shape index (κ3) is 5.98. The molecule has 0 aliphatic rings. The maximum Gasteiger partial charge on any atom is 0.355 e. The highest BCUT2D eigenvalue weighted by atomic mass is 79.9. The molecule has 0 aliphatic carbocycles. The summed E-state index contributed by atoms with van der Waals surface area (Å²) in [6, 6.07) is 21.4. The molecule has 0 atom stereocenters. The molecule has 0 aliphatic heterocycles. The quantitative estimate of drug-likeness (QED) is 0.133. The van der Waals surface area contributed by atoms with Crippen LogP contribution in [0, 0.1) is 0 Å². The highest BCUT2D eigenvalue weighted by molar-refractivity contribution is 9.10. The van der Waals surface area contributed by atoms with Crippen molar-refractivity contribution in [3.8, 4) is 11.5 Å². The third-order valence-electron chi connectivity index (χ3n) is 4.38. The van der Waals surface area contributed by atoms with Crippen LogP contribution >= 0.6 is 38.9 Å². The van der Waals surface area contributed by atoms with Crippen molar-refractivity contribution >= 4 is 67.0 Å². The molecule has 6 nitrogen and oxygen atoms in total. The number of esters is 1. The summed E-state index contributed by atoms with van der Waals surface area (Å²) >= 11 is 11.0. The van der Waals surface area contributed by atoms with Crippen LogP contribution in [0.15, 0.2) is 82.4 Å². The second kappa shape index (κ2) is 10.6. The number of nitrogens with zero attached hydrogens (tertiary/aromatic N) is 1. The largest absolute Gasteiger partial charge is 0.484 e. The van der Waals surface area contributed by atoms with E-state index in [1.54, 1.807) is 36.4 Å². The predicted octanol–water partition coefficient (Wildman–Crippen LogP) is 6.07. The van der Waals surface area contributed by atoms with E-state index in [-0.39, 0.29) is 6.61 Å². The minimum Gasteiger partial charge on any atom is -0.484 e. The van der Waals surface area contributed by atoms with Gasteiger partial charge in [0.15, 0.2) is 6.61 Å². The first-order valence-corrected chi connectivity index (χ1v) is 11.7. The Morgan fingerprint density at radius 1 is 1.03 bits per heavy atom. The van der Waals surface area contributed by atoms with E-state index < -0.39 is 11.9 Å². The van der Waals surface area contributed by atoms with Crippen LogP contribution in [-0.2, 0) is 4.79 Å². The molecule has 1 aromatic heterocycles. The highest BCUT2D eigenvalue weighted by Crippen LogP contribution is 2.35. The van der Waals surface area contributed by atoms with E-state index in [0.29, 0.717) is 27.0 Å². The van der Waals surface area contributed by atoms with Gasteiger partial charge in [-0.1, -0.05) is 51.8 Å². The molecule has 0 fully saturated rings. The normalized spacial score (nSPS) is 11.0. The molecular formula is C24H16BrClN2O4S. The summed E-state index contributed by atoms with van der Waals surface area (Å²) in [7, 11) is 0. The number of thiophene rings is 1. The molecule has 0 bridgehead atoms. The number of halogens is 2. The van der Waals surface area contributed by atoms with Crippen LogP contribution in [0.1, 0.15) is 15.2 Å². The number of hydrogen-bond acceptors (Lipinski definition) is 6. The van der Waals surface area contributed by atoms with E-state index >= 15 is 0 Å². The smallest absolute Gasteiger partial charge is 0.355 e. The van der Waals surface area contributed by atoms with Crippen molar-refractivity contribution < 1.29 is 19.1 Å². The molecule has 9 heteroatoms. The van der Waals surface area contributed by atoms with Gasteiger partial charge in [-0.15, -0.1) is 11.3 Å². The molecule has 1 heterocycles. The Hall–Kier alpha value is -3.20. The van der Waals surface area contributed by atoms with Gasteiger partial charge >= 0.3 is 5.97 Å². The van der Waals surface area contributed by atoms with Gasteiger partial charge in [-0.3, -0.25) is 4.79 Å². The van der Waals surface area contributed by atoms with Gasteiger partial charge in [0.2, 0.25) is 0 Å². The molecular weight excluding hydrogens is 528 g/mol. The Kier molecular flexibility index (Phi) is 7.39. The van der Waals surface area contributed by atoms with Crippen LogP contribution in [0.5, 0.6) is 11.5 Å². The maximum absolute atomic E-state index is 12.5. The van der Waals surface area contributed by atoms with Crippen LogP contribution in [0.4, 0.5) is 0 Å². The molecule has 3 aromatic carbocycles. The Morgan fingerprint density at radius 3 is 2.58 bits per heavy atom. The van der Waals surface area contributed by atoms with E-state index in [0.717, 1.165) is 14.6 Å². The summed E-state index contributed by atoms with van der Waals surface area (Å²) in [4.78, 5) is 24.8. The maximum atomic E-state index is 12.5. The van der Waals surface area contributed by atoms with E-state index in [1.807, 2.05) is 36.4 Å². The summed E-state index contributed by atoms with van der Waals surface area (Å²) in [5.74, 6) is 0.0417. The first kappa shape index (κ1) is 23.0. The summed E-state index contributed by atoms with van der Waals surface area (Å²) < 4.78 is 12.6. The Labute approximate surface area is 206 Å². The highest BCUT2D eigenvalue weighted by Gasteiger charge is 2.18. The molecule has 33 heavy (non-hydrogen) atoms. The van der Waals surface area contributed by atoms with Crippen LogP contribution in [0.25, 0.3) is 10.1 Å². The number of hydrogen-bond donors (Lipinski definition) is 1. The fourth-order valence-corrected chi connectivity index (χ4v) is 4.60. The lowest BCUT2D eigenvalue weighted by atomic mass is 10.2. The molecule has 4 rings (SSSR count). The minimum atomic E-state index is -0.514. The monoisotopic (exact) mass is 542 g/mol. The van der Waals surface area contributed by atoms with Crippen LogP contribution in [-0.4, -0.2) is 24.7 Å². The van der Waals surface area contributed by atoms with Gasteiger partial charge in [-0.2, -0.15) is 5.10 Å². The number of nitrogens with one attached hydrogen (secondary N) is 1. The zero-order chi connectivity index (χ0) is 23.2. The summed E-state index contributed by atoms with van der Waals surface area (Å²) in [6.45, 7) is -0.164. The van der Waals surface area contributed by atoms with Gasteiger partial charge in [-0.25, -0.2) is 10.2 Å². The number of rotatable bonds is 7. The number of hydrazone groups is 1. The summed E-state index contributed by atoms with van der Waals surface area (Å²) in [6.07, 6.45) is 1.48. The number of carbonyl (C=O) groups is 2. The van der Waals surface area contributed by atoms with E-state index in [1.165, 1.54) is 17.6 Å². The van der Waals surface area contributed by atoms with Gasteiger partial charge in [0.25, 0.3) is 5.91 Å². The third-order valence-corrected chi connectivity index (χ3v) is 6.53. The number of ether oxygens (including phenoxy) is 2. The Morgan fingerprint density at radius 2 is 1.82 bits per heavy atom. The Balaban J connectivity index is 1.29. The van der Waals surface area contributed by atoms with Crippen molar-refractivity contribution in [1.29, 1.82) is 0 Å².